The van der Waals surface area contributed by atoms with Crippen molar-refractivity contribution in [2.24, 2.45) is 0 Å². The molecule has 2 bridgehead atoms. The molecule has 4 rings (SSSR count). The number of tetrazole rings is 1. The highest BCUT2D eigenvalue weighted by atomic mass is 16.2. The molecule has 0 saturated carbocycles. The van der Waals surface area contributed by atoms with Gasteiger partial charge in [-0.25, -0.2) is 4.98 Å². The molecule has 2 aromatic heterocycles. The smallest absolute Gasteiger partial charge is 0.227 e. The normalized spacial score (nSPS) is 23.7. The van der Waals surface area contributed by atoms with Gasteiger partial charge < -0.3 is 10.2 Å². The van der Waals surface area contributed by atoms with Crippen molar-refractivity contribution in [1.29, 1.82) is 0 Å². The summed E-state index contributed by atoms with van der Waals surface area (Å²) in [5, 5.41) is 14.3. The quantitative estimate of drug-likeness (QED) is 0.792. The van der Waals surface area contributed by atoms with Gasteiger partial charge in [0, 0.05) is 31.4 Å². The Morgan fingerprint density at radius 2 is 2.38 bits per heavy atom. The number of nitrogens with zero attached hydrogens (tertiary/aromatic N) is 6. The number of nitrogens with one attached hydrogen (secondary N) is 1. The average Bonchev–Trinajstić information content (AvgIpc) is 3.25. The Morgan fingerprint density at radius 1 is 1.43 bits per heavy atom. The second kappa shape index (κ2) is 4.88. The van der Waals surface area contributed by atoms with Crippen LogP contribution in [0.5, 0.6) is 0 Å². The Labute approximate surface area is 121 Å². The maximum Gasteiger partial charge on any atom is 0.227 e. The van der Waals surface area contributed by atoms with Gasteiger partial charge in [0.1, 0.15) is 6.33 Å². The number of carbonyl (C=O) groups excluding carboxylic acids is 1. The van der Waals surface area contributed by atoms with Gasteiger partial charge in [0.05, 0.1) is 6.42 Å². The molecule has 0 radical (unpaired) electrons. The Morgan fingerprint density at radius 3 is 3.00 bits per heavy atom. The van der Waals surface area contributed by atoms with E-state index in [0.717, 1.165) is 25.1 Å². The highest BCUT2D eigenvalue weighted by molar-refractivity contribution is 5.79. The summed E-state index contributed by atoms with van der Waals surface area (Å²) in [6.07, 6.45) is 4.68. The maximum absolute atomic E-state index is 12.4. The molecule has 0 unspecified atom stereocenters. The summed E-state index contributed by atoms with van der Waals surface area (Å²) in [5.41, 5.74) is 0.910. The number of hydrogen-bond acceptors (Lipinski definition) is 6. The molecule has 0 spiro atoms. The molecule has 1 amide bonds. The van der Waals surface area contributed by atoms with Crippen molar-refractivity contribution in [3.05, 3.63) is 30.2 Å². The third-order valence-electron chi connectivity index (χ3n) is 4.13. The van der Waals surface area contributed by atoms with Crippen molar-refractivity contribution in [3.8, 4) is 5.82 Å². The van der Waals surface area contributed by atoms with Gasteiger partial charge in [-0.3, -0.25) is 4.79 Å². The summed E-state index contributed by atoms with van der Waals surface area (Å²) in [4.78, 5) is 18.6. The van der Waals surface area contributed by atoms with E-state index in [9.17, 15) is 4.79 Å². The van der Waals surface area contributed by atoms with E-state index in [-0.39, 0.29) is 5.91 Å². The monoisotopic (exact) mass is 285 g/mol. The predicted octanol–water partition coefficient (Wildman–Crippen LogP) is -0.827. The van der Waals surface area contributed by atoms with Crippen molar-refractivity contribution in [2.45, 2.75) is 24.9 Å². The number of hydrogen-bond donors (Lipinski definition) is 1. The molecule has 2 saturated heterocycles. The third kappa shape index (κ3) is 2.27. The van der Waals surface area contributed by atoms with E-state index < -0.39 is 0 Å². The molecule has 2 aliphatic rings. The Balaban J connectivity index is 1.44. The zero-order valence-corrected chi connectivity index (χ0v) is 11.4. The molecule has 1 N–H and O–H groups in total. The van der Waals surface area contributed by atoms with Crippen molar-refractivity contribution in [2.75, 3.05) is 13.1 Å². The molecule has 21 heavy (non-hydrogen) atoms. The molecule has 0 aliphatic carbocycles. The lowest BCUT2D eigenvalue weighted by Crippen LogP contribution is -2.47. The number of aromatic nitrogens is 5. The third-order valence-corrected chi connectivity index (χ3v) is 4.13. The van der Waals surface area contributed by atoms with E-state index in [0.29, 0.717) is 24.3 Å². The zero-order chi connectivity index (χ0) is 14.2. The molecular formula is C13H15N7O. The topological polar surface area (TPSA) is 88.8 Å². The number of rotatable bonds is 3. The average molecular weight is 285 g/mol. The van der Waals surface area contributed by atoms with Gasteiger partial charge in [-0.15, -0.1) is 5.10 Å². The van der Waals surface area contributed by atoms with Crippen LogP contribution in [0.4, 0.5) is 0 Å². The zero-order valence-electron chi connectivity index (χ0n) is 11.4. The minimum Gasteiger partial charge on any atom is -0.337 e. The van der Waals surface area contributed by atoms with Crippen LogP contribution in [0.1, 0.15) is 12.0 Å². The first kappa shape index (κ1) is 12.4. The second-order valence-electron chi connectivity index (χ2n) is 5.50. The highest BCUT2D eigenvalue weighted by Crippen LogP contribution is 2.23. The Hall–Kier alpha value is -2.35. The maximum atomic E-state index is 12.4. The molecule has 108 valence electrons. The largest absolute Gasteiger partial charge is 0.337 e. The molecule has 8 heteroatoms. The van der Waals surface area contributed by atoms with Crippen LogP contribution in [-0.4, -0.2) is 61.2 Å². The number of piperazine rings is 1. The van der Waals surface area contributed by atoms with Crippen LogP contribution in [-0.2, 0) is 11.2 Å². The first-order valence-electron chi connectivity index (χ1n) is 7.01. The summed E-state index contributed by atoms with van der Waals surface area (Å²) >= 11 is 0. The molecule has 2 aromatic rings. The number of likely N-dealkylation sites (tertiary alicyclic amines) is 1. The molecule has 2 atom stereocenters. The van der Waals surface area contributed by atoms with E-state index in [1.807, 2.05) is 17.0 Å². The summed E-state index contributed by atoms with van der Waals surface area (Å²) in [5.74, 6) is 0.821. The number of carbonyl (C=O) groups is 1. The standard InChI is InChI=1S/C13H15N7O/c21-13(19-7-10-4-11(19)6-14-10)3-9-1-2-12(15-5-9)20-8-16-17-18-20/h1-2,5,8,10-11,14H,3-4,6-7H2/t10-,11-/m0/s1. The first-order chi connectivity index (χ1) is 10.3. The molecule has 2 fully saturated rings. The highest BCUT2D eigenvalue weighted by Gasteiger charge is 2.39. The van der Waals surface area contributed by atoms with E-state index in [4.69, 9.17) is 0 Å². The number of amides is 1. The summed E-state index contributed by atoms with van der Waals surface area (Å²) < 4.78 is 1.48. The van der Waals surface area contributed by atoms with Gasteiger partial charge in [0.25, 0.3) is 0 Å². The van der Waals surface area contributed by atoms with E-state index in [1.165, 1.54) is 11.0 Å². The van der Waals surface area contributed by atoms with Gasteiger partial charge in [-0.1, -0.05) is 6.07 Å². The van der Waals surface area contributed by atoms with E-state index in [1.54, 1.807) is 6.20 Å². The summed E-state index contributed by atoms with van der Waals surface area (Å²) in [7, 11) is 0. The van der Waals surface area contributed by atoms with Crippen molar-refractivity contribution in [3.63, 3.8) is 0 Å². The van der Waals surface area contributed by atoms with Gasteiger partial charge in [0.2, 0.25) is 5.91 Å². The van der Waals surface area contributed by atoms with Crippen LogP contribution in [0.25, 0.3) is 5.82 Å². The molecule has 4 heterocycles. The van der Waals surface area contributed by atoms with Gasteiger partial charge >= 0.3 is 0 Å². The molecule has 2 aliphatic heterocycles. The predicted molar refractivity (Wildman–Crippen MR) is 72.6 cm³/mol. The number of pyridine rings is 1. The minimum atomic E-state index is 0.181. The fourth-order valence-electron chi connectivity index (χ4n) is 3.07. The van der Waals surface area contributed by atoms with Crippen molar-refractivity contribution >= 4 is 5.91 Å². The van der Waals surface area contributed by atoms with Crippen LogP contribution < -0.4 is 5.32 Å². The van der Waals surface area contributed by atoms with Crippen LogP contribution >= 0.6 is 0 Å². The van der Waals surface area contributed by atoms with Gasteiger partial charge in [0.15, 0.2) is 5.82 Å². The minimum absolute atomic E-state index is 0.181. The second-order valence-corrected chi connectivity index (χ2v) is 5.50. The first-order valence-corrected chi connectivity index (χ1v) is 7.01. The fraction of sp³-hybridized carbons (Fsp3) is 0.462. The number of fused-ring (bicyclic) bond motifs is 2. The SMILES string of the molecule is O=C(Cc1ccc(-n2cnnn2)nc1)N1C[C@@H]2C[C@H]1CN2. The van der Waals surface area contributed by atoms with Gasteiger partial charge in [-0.05, 0) is 28.5 Å². The summed E-state index contributed by atoms with van der Waals surface area (Å²) in [6.45, 7) is 1.76. The molecule has 8 nitrogen and oxygen atoms in total. The molecular weight excluding hydrogens is 270 g/mol. The van der Waals surface area contributed by atoms with E-state index >= 15 is 0 Å². The van der Waals surface area contributed by atoms with Crippen molar-refractivity contribution in [1.82, 2.24) is 35.4 Å². The fourth-order valence-corrected chi connectivity index (χ4v) is 3.07. The Kier molecular flexibility index (Phi) is 2.88. The van der Waals surface area contributed by atoms with Crippen LogP contribution in [0.15, 0.2) is 24.7 Å². The Bertz CT molecular complexity index is 639. The van der Waals surface area contributed by atoms with Crippen LogP contribution in [0.2, 0.25) is 0 Å². The van der Waals surface area contributed by atoms with Crippen LogP contribution in [0, 0.1) is 0 Å². The lowest BCUT2D eigenvalue weighted by atomic mass is 10.1. The molecule has 0 aromatic carbocycles. The van der Waals surface area contributed by atoms with Gasteiger partial charge in [-0.2, -0.15) is 4.68 Å². The van der Waals surface area contributed by atoms with Crippen molar-refractivity contribution < 1.29 is 4.79 Å². The lowest BCUT2D eigenvalue weighted by molar-refractivity contribution is -0.131. The van der Waals surface area contributed by atoms with Crippen LogP contribution in [0.3, 0.4) is 0 Å². The van der Waals surface area contributed by atoms with E-state index in [2.05, 4.69) is 25.8 Å². The summed E-state index contributed by atoms with van der Waals surface area (Å²) in [6, 6.07) is 4.57. The lowest BCUT2D eigenvalue weighted by Gasteiger charge is -2.27.